The summed E-state index contributed by atoms with van der Waals surface area (Å²) in [6.45, 7) is 6.40. The van der Waals surface area contributed by atoms with E-state index in [1.807, 2.05) is 40.1 Å². The van der Waals surface area contributed by atoms with Crippen molar-refractivity contribution in [3.05, 3.63) is 11.8 Å². The average Bonchev–Trinajstić information content (AvgIpc) is 2.53. The lowest BCUT2D eigenvalue weighted by atomic mass is 9.95. The second-order valence-electron chi connectivity index (χ2n) is 4.65. The van der Waals surface area contributed by atoms with Gasteiger partial charge in [0, 0.05) is 25.1 Å². The van der Waals surface area contributed by atoms with Gasteiger partial charge in [-0.2, -0.15) is 0 Å². The molecule has 1 aliphatic rings. The van der Waals surface area contributed by atoms with Gasteiger partial charge in [0.25, 0.3) is 0 Å². The van der Waals surface area contributed by atoms with Gasteiger partial charge in [0.15, 0.2) is 0 Å². The summed E-state index contributed by atoms with van der Waals surface area (Å²) in [6, 6.07) is 0. The highest BCUT2D eigenvalue weighted by molar-refractivity contribution is 5.81. The molecule has 1 rings (SSSR count). The molecule has 0 saturated carbocycles. The van der Waals surface area contributed by atoms with Crippen molar-refractivity contribution in [3.63, 3.8) is 0 Å². The molecular weight excluding hydrogens is 176 g/mol. The highest BCUT2D eigenvalue weighted by Crippen LogP contribution is 2.17. The number of hydrogen-bond acceptors (Lipinski definition) is 2. The van der Waals surface area contributed by atoms with E-state index in [2.05, 4.69) is 4.99 Å². The molecule has 1 aliphatic heterocycles. The van der Waals surface area contributed by atoms with Crippen molar-refractivity contribution in [2.24, 2.45) is 10.4 Å². The van der Waals surface area contributed by atoms with Crippen LogP contribution in [0, 0.1) is 5.41 Å². The maximum absolute atomic E-state index is 11.8. The van der Waals surface area contributed by atoms with Gasteiger partial charge in [-0.1, -0.05) is 26.8 Å². The lowest BCUT2D eigenvalue weighted by molar-refractivity contribution is -0.137. The van der Waals surface area contributed by atoms with E-state index in [0.717, 1.165) is 12.1 Å². The average molecular weight is 194 g/mol. The molecule has 0 aliphatic carbocycles. The van der Waals surface area contributed by atoms with E-state index in [-0.39, 0.29) is 11.3 Å². The first-order chi connectivity index (χ1) is 6.41. The fourth-order valence-corrected chi connectivity index (χ4v) is 1.40. The molecule has 0 unspecified atom stereocenters. The van der Waals surface area contributed by atoms with Crippen molar-refractivity contribution in [2.75, 3.05) is 13.6 Å². The van der Waals surface area contributed by atoms with Crippen LogP contribution in [0.4, 0.5) is 0 Å². The number of amides is 1. The summed E-state index contributed by atoms with van der Waals surface area (Å²) in [6.07, 6.45) is 4.81. The number of nitrogens with zero attached hydrogens (tertiary/aromatic N) is 2. The zero-order chi connectivity index (χ0) is 10.8. The molecule has 78 valence electrons. The lowest BCUT2D eigenvalue weighted by Gasteiger charge is -2.25. The predicted molar refractivity (Wildman–Crippen MR) is 58.3 cm³/mol. The van der Waals surface area contributed by atoms with E-state index in [0.29, 0.717) is 6.54 Å². The molecule has 0 aromatic carbocycles. The molecule has 0 saturated heterocycles. The monoisotopic (exact) mass is 194 g/mol. The minimum atomic E-state index is -0.308. The Morgan fingerprint density at radius 3 is 2.64 bits per heavy atom. The maximum Gasteiger partial charge on any atom is 0.228 e. The van der Waals surface area contributed by atoms with Gasteiger partial charge in [0.05, 0.1) is 12.2 Å². The minimum absolute atomic E-state index is 0.153. The largest absolute Gasteiger partial charge is 0.339 e. The molecule has 0 fully saturated rings. The summed E-state index contributed by atoms with van der Waals surface area (Å²) in [4.78, 5) is 17.7. The van der Waals surface area contributed by atoms with E-state index in [9.17, 15) is 4.79 Å². The Bertz CT molecular complexity index is 284. The first-order valence-corrected chi connectivity index (χ1v) is 4.88. The highest BCUT2D eigenvalue weighted by atomic mass is 16.2. The van der Waals surface area contributed by atoms with Crippen molar-refractivity contribution in [1.82, 2.24) is 4.90 Å². The van der Waals surface area contributed by atoms with Crippen LogP contribution in [0.5, 0.6) is 0 Å². The van der Waals surface area contributed by atoms with Crippen LogP contribution in [0.25, 0.3) is 0 Å². The maximum atomic E-state index is 11.8. The van der Waals surface area contributed by atoms with Crippen LogP contribution in [-0.2, 0) is 4.79 Å². The van der Waals surface area contributed by atoms with Crippen molar-refractivity contribution in [1.29, 1.82) is 0 Å². The zero-order valence-corrected chi connectivity index (χ0v) is 9.37. The molecule has 0 spiro atoms. The van der Waals surface area contributed by atoms with Crippen LogP contribution in [0.2, 0.25) is 0 Å². The molecule has 1 heterocycles. The molecule has 14 heavy (non-hydrogen) atoms. The van der Waals surface area contributed by atoms with Crippen LogP contribution in [0.1, 0.15) is 27.2 Å². The molecule has 3 nitrogen and oxygen atoms in total. The number of carbonyl (C=O) groups is 1. The lowest BCUT2D eigenvalue weighted by Crippen LogP contribution is -2.37. The Labute approximate surface area is 85.5 Å². The van der Waals surface area contributed by atoms with Gasteiger partial charge in [-0.05, 0) is 0 Å². The number of rotatable bonds is 2. The third-order valence-corrected chi connectivity index (χ3v) is 2.10. The second kappa shape index (κ2) is 3.95. The van der Waals surface area contributed by atoms with Gasteiger partial charge in [0.2, 0.25) is 5.91 Å². The van der Waals surface area contributed by atoms with E-state index in [4.69, 9.17) is 0 Å². The first kappa shape index (κ1) is 11.0. The van der Waals surface area contributed by atoms with E-state index in [1.54, 1.807) is 4.90 Å². The molecule has 0 bridgehead atoms. The van der Waals surface area contributed by atoms with Crippen LogP contribution in [0.3, 0.4) is 0 Å². The summed E-state index contributed by atoms with van der Waals surface area (Å²) in [5.41, 5.74) is 0.683. The fraction of sp³-hybridized carbons (Fsp3) is 0.636. The van der Waals surface area contributed by atoms with Gasteiger partial charge in [-0.25, -0.2) is 0 Å². The summed E-state index contributed by atoms with van der Waals surface area (Å²) in [7, 11) is 1.82. The Hall–Kier alpha value is -1.12. The summed E-state index contributed by atoms with van der Waals surface area (Å²) < 4.78 is 0. The van der Waals surface area contributed by atoms with Crippen LogP contribution >= 0.6 is 0 Å². The molecule has 0 aromatic rings. The Morgan fingerprint density at radius 2 is 2.21 bits per heavy atom. The molecule has 1 amide bonds. The van der Waals surface area contributed by atoms with Crippen molar-refractivity contribution < 1.29 is 4.79 Å². The van der Waals surface area contributed by atoms with Crippen molar-refractivity contribution >= 4 is 12.1 Å². The number of allylic oxidation sites excluding steroid dienone is 1. The summed E-state index contributed by atoms with van der Waals surface area (Å²) in [5, 5.41) is 0. The summed E-state index contributed by atoms with van der Waals surface area (Å²) >= 11 is 0. The van der Waals surface area contributed by atoms with Crippen molar-refractivity contribution in [2.45, 2.75) is 27.2 Å². The predicted octanol–water partition coefficient (Wildman–Crippen LogP) is 1.85. The van der Waals surface area contributed by atoms with E-state index in [1.165, 1.54) is 0 Å². The molecule has 0 atom stereocenters. The fourth-order valence-electron chi connectivity index (χ4n) is 1.40. The van der Waals surface area contributed by atoms with E-state index >= 15 is 0 Å². The third kappa shape index (κ3) is 2.69. The normalized spacial score (nSPS) is 15.6. The SMILES string of the molecule is CN(CC1=CCC=N1)C(=O)C(C)(C)C. The molecule has 0 N–H and O–H groups in total. The highest BCUT2D eigenvalue weighted by Gasteiger charge is 2.25. The number of likely N-dealkylation sites (N-methyl/N-ethyl adjacent to an activating group) is 1. The Kier molecular flexibility index (Phi) is 3.09. The molecule has 0 radical (unpaired) electrons. The smallest absolute Gasteiger partial charge is 0.228 e. The Morgan fingerprint density at radius 1 is 1.57 bits per heavy atom. The first-order valence-electron chi connectivity index (χ1n) is 4.88. The molecule has 0 aromatic heterocycles. The zero-order valence-electron chi connectivity index (χ0n) is 9.37. The Balaban J connectivity index is 2.54. The number of aliphatic imine (C=N–C) groups is 1. The van der Waals surface area contributed by atoms with Crippen LogP contribution in [-0.4, -0.2) is 30.6 Å². The van der Waals surface area contributed by atoms with Gasteiger partial charge in [-0.15, -0.1) is 0 Å². The minimum Gasteiger partial charge on any atom is -0.339 e. The number of carbonyl (C=O) groups excluding carboxylic acids is 1. The van der Waals surface area contributed by atoms with Gasteiger partial charge in [-0.3, -0.25) is 9.79 Å². The van der Waals surface area contributed by atoms with Crippen LogP contribution < -0.4 is 0 Å². The topological polar surface area (TPSA) is 32.7 Å². The van der Waals surface area contributed by atoms with Crippen LogP contribution in [0.15, 0.2) is 16.8 Å². The molecular formula is C11H18N2O. The quantitative estimate of drug-likeness (QED) is 0.660. The van der Waals surface area contributed by atoms with Gasteiger partial charge < -0.3 is 4.90 Å². The number of hydrogen-bond donors (Lipinski definition) is 0. The second-order valence-corrected chi connectivity index (χ2v) is 4.65. The van der Waals surface area contributed by atoms with Crippen molar-refractivity contribution in [3.8, 4) is 0 Å². The van der Waals surface area contributed by atoms with E-state index < -0.39 is 0 Å². The van der Waals surface area contributed by atoms with Gasteiger partial charge >= 0.3 is 0 Å². The third-order valence-electron chi connectivity index (χ3n) is 2.10. The standard InChI is InChI=1S/C11H18N2O/c1-11(2,3)10(14)13(4)8-9-6-5-7-12-9/h6-7H,5,8H2,1-4H3. The summed E-state index contributed by atoms with van der Waals surface area (Å²) in [5.74, 6) is 0.153. The van der Waals surface area contributed by atoms with Gasteiger partial charge in [0.1, 0.15) is 0 Å². The molecule has 3 heteroatoms.